The van der Waals surface area contributed by atoms with Crippen LogP contribution in [0.2, 0.25) is 0 Å². The van der Waals surface area contributed by atoms with Gasteiger partial charge in [-0.15, -0.1) is 0 Å². The molecule has 2 heterocycles. The van der Waals surface area contributed by atoms with E-state index in [4.69, 9.17) is 4.74 Å². The predicted octanol–water partition coefficient (Wildman–Crippen LogP) is -0.177. The summed E-state index contributed by atoms with van der Waals surface area (Å²) < 4.78 is 5.55. The van der Waals surface area contributed by atoms with E-state index in [-0.39, 0.29) is 12.1 Å². The van der Waals surface area contributed by atoms with Gasteiger partial charge < -0.3 is 15.2 Å². The van der Waals surface area contributed by atoms with Crippen molar-refractivity contribution >= 4 is 0 Å². The van der Waals surface area contributed by atoms with Crippen LogP contribution in [0.15, 0.2) is 0 Å². The van der Waals surface area contributed by atoms with Gasteiger partial charge in [-0.2, -0.15) is 0 Å². The number of aliphatic hydroxyl groups excluding tert-OH is 1. The van der Waals surface area contributed by atoms with Crippen LogP contribution in [0, 0.1) is 0 Å². The second kappa shape index (κ2) is 5.25. The first-order valence-corrected chi connectivity index (χ1v) is 6.02. The lowest BCUT2D eigenvalue weighted by molar-refractivity contribution is -0.0736. The van der Waals surface area contributed by atoms with Crippen LogP contribution in [0.3, 0.4) is 0 Å². The molecule has 2 saturated heterocycles. The molecule has 4 nitrogen and oxygen atoms in total. The van der Waals surface area contributed by atoms with Gasteiger partial charge in [-0.3, -0.25) is 4.90 Å². The Balaban J connectivity index is 2.01. The molecule has 0 amide bonds. The number of nitrogens with one attached hydrogen (secondary N) is 1. The van der Waals surface area contributed by atoms with Crippen LogP contribution in [0.4, 0.5) is 0 Å². The molecule has 4 heteroatoms. The van der Waals surface area contributed by atoms with Crippen LogP contribution in [0.1, 0.15) is 19.3 Å². The Kier molecular flexibility index (Phi) is 3.97. The lowest BCUT2D eigenvalue weighted by Gasteiger charge is -2.44. The smallest absolute Gasteiger partial charge is 0.0677 e. The number of rotatable bonds is 2. The molecular formula is C11H22N2O2. The van der Waals surface area contributed by atoms with Gasteiger partial charge in [0.2, 0.25) is 0 Å². The molecule has 2 aliphatic heterocycles. The number of aliphatic hydroxyl groups is 1. The first-order chi connectivity index (χ1) is 7.37. The number of hydrogen-bond acceptors (Lipinski definition) is 4. The second-order valence-electron chi connectivity index (χ2n) is 4.63. The summed E-state index contributed by atoms with van der Waals surface area (Å²) in [6, 6.07) is 0. The minimum atomic E-state index is -0.0930. The molecule has 0 aromatic rings. The Hall–Kier alpha value is -0.160. The molecule has 2 N–H and O–H groups in total. The van der Waals surface area contributed by atoms with Gasteiger partial charge in [-0.05, 0) is 25.8 Å². The summed E-state index contributed by atoms with van der Waals surface area (Å²) in [6.07, 6.45) is 3.32. The van der Waals surface area contributed by atoms with E-state index in [1.807, 2.05) is 0 Å². The van der Waals surface area contributed by atoms with Gasteiger partial charge in [0.05, 0.1) is 18.8 Å². The first-order valence-electron chi connectivity index (χ1n) is 6.02. The van der Waals surface area contributed by atoms with Crippen molar-refractivity contribution in [1.29, 1.82) is 0 Å². The Morgan fingerprint density at radius 1 is 1.27 bits per heavy atom. The minimum Gasteiger partial charge on any atom is -0.394 e. The highest BCUT2D eigenvalue weighted by molar-refractivity contribution is 4.93. The van der Waals surface area contributed by atoms with Crippen LogP contribution in [-0.4, -0.2) is 61.5 Å². The Morgan fingerprint density at radius 3 is 2.93 bits per heavy atom. The van der Waals surface area contributed by atoms with Gasteiger partial charge in [0, 0.05) is 26.2 Å². The summed E-state index contributed by atoms with van der Waals surface area (Å²) in [5, 5.41) is 13.0. The second-order valence-corrected chi connectivity index (χ2v) is 4.63. The van der Waals surface area contributed by atoms with E-state index in [1.54, 1.807) is 0 Å². The number of hydrogen-bond donors (Lipinski definition) is 2. The summed E-state index contributed by atoms with van der Waals surface area (Å²) in [5.41, 5.74) is -0.0930. The fraction of sp³-hybridized carbons (Fsp3) is 1.00. The number of ether oxygens (including phenoxy) is 1. The Bertz CT molecular complexity index is 185. The molecule has 0 saturated carbocycles. The third-order valence-corrected chi connectivity index (χ3v) is 3.61. The van der Waals surface area contributed by atoms with E-state index in [9.17, 15) is 5.11 Å². The van der Waals surface area contributed by atoms with Crippen molar-refractivity contribution in [3.63, 3.8) is 0 Å². The summed E-state index contributed by atoms with van der Waals surface area (Å²) in [6.45, 7) is 6.02. The molecule has 0 spiro atoms. The lowest BCUT2D eigenvalue weighted by Crippen LogP contribution is -2.57. The highest BCUT2D eigenvalue weighted by Gasteiger charge is 2.38. The van der Waals surface area contributed by atoms with E-state index in [2.05, 4.69) is 10.2 Å². The molecule has 2 fully saturated rings. The van der Waals surface area contributed by atoms with E-state index in [0.29, 0.717) is 6.61 Å². The van der Waals surface area contributed by atoms with Crippen molar-refractivity contribution in [2.45, 2.75) is 24.8 Å². The van der Waals surface area contributed by atoms with Gasteiger partial charge in [0.15, 0.2) is 0 Å². The molecule has 0 aliphatic carbocycles. The van der Waals surface area contributed by atoms with Crippen LogP contribution in [0.5, 0.6) is 0 Å². The Labute approximate surface area is 91.6 Å². The van der Waals surface area contributed by atoms with Crippen LogP contribution >= 0.6 is 0 Å². The van der Waals surface area contributed by atoms with E-state index < -0.39 is 0 Å². The van der Waals surface area contributed by atoms with E-state index in [0.717, 1.165) is 45.6 Å². The summed E-state index contributed by atoms with van der Waals surface area (Å²) in [7, 11) is 0. The molecule has 0 radical (unpaired) electrons. The average molecular weight is 214 g/mol. The third-order valence-electron chi connectivity index (χ3n) is 3.61. The molecule has 2 aliphatic rings. The third kappa shape index (κ3) is 2.50. The molecular weight excluding hydrogens is 192 g/mol. The van der Waals surface area contributed by atoms with Crippen molar-refractivity contribution < 1.29 is 9.84 Å². The van der Waals surface area contributed by atoms with E-state index in [1.165, 1.54) is 6.42 Å². The zero-order valence-electron chi connectivity index (χ0n) is 9.37. The van der Waals surface area contributed by atoms with Crippen molar-refractivity contribution in [3.05, 3.63) is 0 Å². The monoisotopic (exact) mass is 214 g/mol. The SMILES string of the molecule is OCC1(N2CCCNCC2)CCCOC1. The number of nitrogens with zero attached hydrogens (tertiary/aromatic N) is 1. The first kappa shape index (κ1) is 11.3. The van der Waals surface area contributed by atoms with Gasteiger partial charge >= 0.3 is 0 Å². The molecule has 1 unspecified atom stereocenters. The molecule has 1 atom stereocenters. The molecule has 0 aromatic heterocycles. The summed E-state index contributed by atoms with van der Waals surface area (Å²) in [4.78, 5) is 2.42. The fourth-order valence-corrected chi connectivity index (χ4v) is 2.63. The maximum Gasteiger partial charge on any atom is 0.0677 e. The normalized spacial score (nSPS) is 35.0. The largest absolute Gasteiger partial charge is 0.394 e. The van der Waals surface area contributed by atoms with Crippen molar-refractivity contribution in [1.82, 2.24) is 10.2 Å². The van der Waals surface area contributed by atoms with Crippen LogP contribution in [-0.2, 0) is 4.74 Å². The minimum absolute atomic E-state index is 0.0930. The maximum absolute atomic E-state index is 9.64. The molecule has 0 bridgehead atoms. The Morgan fingerprint density at radius 2 is 2.20 bits per heavy atom. The summed E-state index contributed by atoms with van der Waals surface area (Å²) in [5.74, 6) is 0. The maximum atomic E-state index is 9.64. The van der Waals surface area contributed by atoms with Crippen molar-refractivity contribution in [3.8, 4) is 0 Å². The lowest BCUT2D eigenvalue weighted by atomic mass is 9.91. The highest BCUT2D eigenvalue weighted by Crippen LogP contribution is 2.26. The van der Waals surface area contributed by atoms with E-state index >= 15 is 0 Å². The zero-order chi connectivity index (χ0) is 10.6. The van der Waals surface area contributed by atoms with Crippen molar-refractivity contribution in [2.24, 2.45) is 0 Å². The van der Waals surface area contributed by atoms with Crippen LogP contribution < -0.4 is 5.32 Å². The summed E-state index contributed by atoms with van der Waals surface area (Å²) >= 11 is 0. The fourth-order valence-electron chi connectivity index (χ4n) is 2.63. The average Bonchev–Trinajstić information content (AvgIpc) is 2.59. The predicted molar refractivity (Wildman–Crippen MR) is 58.9 cm³/mol. The standard InChI is InChI=1S/C11H22N2O2/c14-9-11(3-1-8-15-10-11)13-6-2-4-12-5-7-13/h12,14H,1-10H2. The van der Waals surface area contributed by atoms with Crippen LogP contribution in [0.25, 0.3) is 0 Å². The van der Waals surface area contributed by atoms with Gasteiger partial charge in [0.25, 0.3) is 0 Å². The van der Waals surface area contributed by atoms with Gasteiger partial charge in [-0.1, -0.05) is 0 Å². The van der Waals surface area contributed by atoms with Gasteiger partial charge in [0.1, 0.15) is 0 Å². The molecule has 2 rings (SSSR count). The quantitative estimate of drug-likeness (QED) is 0.669. The molecule has 88 valence electrons. The van der Waals surface area contributed by atoms with Crippen molar-refractivity contribution in [2.75, 3.05) is 46.0 Å². The highest BCUT2D eigenvalue weighted by atomic mass is 16.5. The molecule has 0 aromatic carbocycles. The van der Waals surface area contributed by atoms with Gasteiger partial charge in [-0.25, -0.2) is 0 Å². The molecule has 15 heavy (non-hydrogen) atoms. The topological polar surface area (TPSA) is 44.7 Å². The zero-order valence-corrected chi connectivity index (χ0v) is 9.37.